The fraction of sp³-hybridized carbons (Fsp3) is 0.240. The van der Waals surface area contributed by atoms with Gasteiger partial charge in [0.25, 0.3) is 15.9 Å². The van der Waals surface area contributed by atoms with E-state index in [1.54, 1.807) is 49.4 Å². The molecular formula is C25H27N3O3S. The quantitative estimate of drug-likeness (QED) is 0.638. The molecule has 1 saturated heterocycles. The number of nitrogens with one attached hydrogen (secondary N) is 1. The largest absolute Gasteiger partial charge is 0.368 e. The first kappa shape index (κ1) is 21.9. The van der Waals surface area contributed by atoms with Crippen LogP contribution in [-0.2, 0) is 10.0 Å². The van der Waals surface area contributed by atoms with Crippen molar-refractivity contribution in [1.82, 2.24) is 4.90 Å². The Morgan fingerprint density at radius 2 is 1.47 bits per heavy atom. The topological polar surface area (TPSA) is 69.7 Å². The second-order valence-corrected chi connectivity index (χ2v) is 9.69. The summed E-state index contributed by atoms with van der Waals surface area (Å²) >= 11 is 0. The van der Waals surface area contributed by atoms with Crippen LogP contribution in [0.3, 0.4) is 0 Å². The number of benzene rings is 3. The minimum atomic E-state index is -3.74. The highest BCUT2D eigenvalue weighted by Gasteiger charge is 2.25. The summed E-state index contributed by atoms with van der Waals surface area (Å²) in [5, 5.41) is 0. The molecule has 7 heteroatoms. The first-order chi connectivity index (χ1) is 15.3. The molecule has 32 heavy (non-hydrogen) atoms. The second kappa shape index (κ2) is 9.04. The van der Waals surface area contributed by atoms with Crippen LogP contribution in [-0.4, -0.2) is 45.4 Å². The van der Waals surface area contributed by atoms with Crippen LogP contribution >= 0.6 is 0 Å². The Morgan fingerprint density at radius 1 is 0.812 bits per heavy atom. The lowest BCUT2D eigenvalue weighted by Crippen LogP contribution is -2.49. The maximum atomic E-state index is 13.2. The van der Waals surface area contributed by atoms with Crippen LogP contribution in [0.25, 0.3) is 0 Å². The number of anilines is 2. The van der Waals surface area contributed by atoms with Gasteiger partial charge in [0.1, 0.15) is 0 Å². The van der Waals surface area contributed by atoms with Crippen molar-refractivity contribution in [3.05, 3.63) is 89.5 Å². The lowest BCUT2D eigenvalue weighted by molar-refractivity contribution is 0.0746. The van der Waals surface area contributed by atoms with Crippen LogP contribution in [0, 0.1) is 13.8 Å². The highest BCUT2D eigenvalue weighted by Crippen LogP contribution is 2.25. The summed E-state index contributed by atoms with van der Waals surface area (Å²) in [7, 11) is -3.74. The molecule has 1 aliphatic heterocycles. The monoisotopic (exact) mass is 449 g/mol. The average molecular weight is 450 g/mol. The van der Waals surface area contributed by atoms with Crippen molar-refractivity contribution in [1.29, 1.82) is 0 Å². The Bertz CT molecular complexity index is 1200. The lowest BCUT2D eigenvalue weighted by atomic mass is 10.1. The molecule has 1 N–H and O–H groups in total. The molecule has 1 fully saturated rings. The van der Waals surface area contributed by atoms with Crippen LogP contribution in [0.1, 0.15) is 21.5 Å². The third kappa shape index (κ3) is 4.62. The number of carbonyl (C=O) groups is 1. The molecule has 166 valence electrons. The zero-order chi connectivity index (χ0) is 22.7. The van der Waals surface area contributed by atoms with E-state index in [2.05, 4.69) is 21.8 Å². The number of hydrogen-bond acceptors (Lipinski definition) is 4. The van der Waals surface area contributed by atoms with Gasteiger partial charge in [-0.25, -0.2) is 8.42 Å². The number of aryl methyl sites for hydroxylation is 1. The minimum absolute atomic E-state index is 0.0772. The summed E-state index contributed by atoms with van der Waals surface area (Å²) in [6.45, 7) is 6.44. The van der Waals surface area contributed by atoms with Crippen LogP contribution < -0.4 is 9.62 Å². The zero-order valence-corrected chi connectivity index (χ0v) is 19.1. The van der Waals surface area contributed by atoms with Gasteiger partial charge in [-0.1, -0.05) is 42.0 Å². The normalized spacial score (nSPS) is 14.3. The molecular weight excluding hydrogens is 422 g/mol. The highest BCUT2D eigenvalue weighted by atomic mass is 32.2. The van der Waals surface area contributed by atoms with E-state index in [0.717, 1.165) is 24.3 Å². The van der Waals surface area contributed by atoms with Crippen molar-refractivity contribution in [2.75, 3.05) is 35.8 Å². The van der Waals surface area contributed by atoms with Gasteiger partial charge in [0.15, 0.2) is 0 Å². The van der Waals surface area contributed by atoms with Gasteiger partial charge in [-0.2, -0.15) is 0 Å². The molecule has 0 unspecified atom stereocenters. The molecule has 0 spiro atoms. The van der Waals surface area contributed by atoms with E-state index in [1.807, 2.05) is 30.0 Å². The van der Waals surface area contributed by atoms with Gasteiger partial charge in [-0.3, -0.25) is 9.52 Å². The van der Waals surface area contributed by atoms with E-state index in [0.29, 0.717) is 29.9 Å². The van der Waals surface area contributed by atoms with E-state index >= 15 is 0 Å². The number of rotatable bonds is 5. The van der Waals surface area contributed by atoms with Gasteiger partial charge >= 0.3 is 0 Å². The first-order valence-corrected chi connectivity index (χ1v) is 12.1. The van der Waals surface area contributed by atoms with Crippen LogP contribution in [0.5, 0.6) is 0 Å². The van der Waals surface area contributed by atoms with Gasteiger partial charge in [0, 0.05) is 37.4 Å². The van der Waals surface area contributed by atoms with Crippen LogP contribution in [0.4, 0.5) is 11.4 Å². The molecule has 1 amide bonds. The highest BCUT2D eigenvalue weighted by molar-refractivity contribution is 7.92. The van der Waals surface area contributed by atoms with E-state index in [-0.39, 0.29) is 10.8 Å². The molecule has 3 aromatic carbocycles. The summed E-state index contributed by atoms with van der Waals surface area (Å²) in [6.07, 6.45) is 0. The standard InChI is InChI=1S/C25H27N3O3S/c1-19-11-13-22(14-12-19)32(30,31)26-24-10-6-9-23(20(24)2)25(29)28-17-15-27(16-18-28)21-7-4-3-5-8-21/h3-14,26H,15-18H2,1-2H3. The van der Waals surface area contributed by atoms with Gasteiger partial charge in [-0.15, -0.1) is 0 Å². The first-order valence-electron chi connectivity index (χ1n) is 10.6. The average Bonchev–Trinajstić information content (AvgIpc) is 2.81. The van der Waals surface area contributed by atoms with Crippen LogP contribution in [0.15, 0.2) is 77.7 Å². The summed E-state index contributed by atoms with van der Waals surface area (Å²) in [4.78, 5) is 17.5. The molecule has 4 rings (SSSR count). The number of piperazine rings is 1. The molecule has 6 nitrogen and oxygen atoms in total. The Hall–Kier alpha value is -3.32. The fourth-order valence-corrected chi connectivity index (χ4v) is 5.00. The maximum absolute atomic E-state index is 13.2. The summed E-state index contributed by atoms with van der Waals surface area (Å²) < 4.78 is 28.3. The summed E-state index contributed by atoms with van der Waals surface area (Å²) in [5.74, 6) is -0.0772. The lowest BCUT2D eigenvalue weighted by Gasteiger charge is -2.36. The van der Waals surface area contributed by atoms with Crippen molar-refractivity contribution in [2.45, 2.75) is 18.7 Å². The van der Waals surface area contributed by atoms with Crippen molar-refractivity contribution in [3.8, 4) is 0 Å². The fourth-order valence-electron chi connectivity index (χ4n) is 3.88. The van der Waals surface area contributed by atoms with Gasteiger partial charge in [0.2, 0.25) is 0 Å². The third-order valence-electron chi connectivity index (χ3n) is 5.83. The molecule has 0 aromatic heterocycles. The van der Waals surface area contributed by atoms with Crippen LogP contribution in [0.2, 0.25) is 0 Å². The third-order valence-corrected chi connectivity index (χ3v) is 7.21. The Balaban J connectivity index is 1.49. The molecule has 1 heterocycles. The smallest absolute Gasteiger partial charge is 0.261 e. The molecule has 1 aliphatic rings. The SMILES string of the molecule is Cc1ccc(S(=O)(=O)Nc2cccc(C(=O)N3CCN(c4ccccc4)CC3)c2C)cc1. The van der Waals surface area contributed by atoms with E-state index in [1.165, 1.54) is 0 Å². The summed E-state index contributed by atoms with van der Waals surface area (Å²) in [6, 6.07) is 22.0. The molecule has 3 aromatic rings. The Morgan fingerprint density at radius 3 is 2.12 bits per heavy atom. The number of amides is 1. The number of sulfonamides is 1. The predicted octanol–water partition coefficient (Wildman–Crippen LogP) is 4.07. The Labute approximate surface area is 189 Å². The molecule has 0 bridgehead atoms. The minimum Gasteiger partial charge on any atom is -0.368 e. The summed E-state index contributed by atoms with van der Waals surface area (Å²) in [5.41, 5.74) is 3.70. The molecule has 0 atom stereocenters. The van der Waals surface area contributed by atoms with Gasteiger partial charge in [0.05, 0.1) is 10.6 Å². The van der Waals surface area contributed by atoms with Gasteiger partial charge in [-0.05, 0) is 55.8 Å². The molecule has 0 aliphatic carbocycles. The van der Waals surface area contributed by atoms with Crippen molar-refractivity contribution < 1.29 is 13.2 Å². The zero-order valence-electron chi connectivity index (χ0n) is 18.3. The van der Waals surface area contributed by atoms with E-state index in [4.69, 9.17) is 0 Å². The van der Waals surface area contributed by atoms with Crippen molar-refractivity contribution in [2.24, 2.45) is 0 Å². The number of carbonyl (C=O) groups excluding carboxylic acids is 1. The number of hydrogen-bond donors (Lipinski definition) is 1. The predicted molar refractivity (Wildman–Crippen MR) is 128 cm³/mol. The second-order valence-electron chi connectivity index (χ2n) is 8.01. The number of para-hydroxylation sites is 1. The molecule has 0 radical (unpaired) electrons. The van der Waals surface area contributed by atoms with E-state index < -0.39 is 10.0 Å². The van der Waals surface area contributed by atoms with Crippen molar-refractivity contribution >= 4 is 27.3 Å². The number of nitrogens with zero attached hydrogens (tertiary/aromatic N) is 2. The molecule has 0 saturated carbocycles. The van der Waals surface area contributed by atoms with Gasteiger partial charge < -0.3 is 9.80 Å². The Kier molecular flexibility index (Phi) is 6.19. The maximum Gasteiger partial charge on any atom is 0.261 e. The van der Waals surface area contributed by atoms with Crippen molar-refractivity contribution in [3.63, 3.8) is 0 Å². The van der Waals surface area contributed by atoms with E-state index in [9.17, 15) is 13.2 Å².